The van der Waals surface area contributed by atoms with E-state index in [0.29, 0.717) is 0 Å². The SMILES string of the molecule is O=C1O[C@@H](CCN2CCN(c3cccc4ccccc34)CC2)CC12CCCC2. The predicted octanol–water partition coefficient (Wildman–Crippen LogP) is 4.23. The van der Waals surface area contributed by atoms with Gasteiger partial charge in [0.25, 0.3) is 0 Å². The third-order valence-electron chi connectivity index (χ3n) is 7.13. The number of piperazine rings is 1. The van der Waals surface area contributed by atoms with Crippen LogP contribution in [0.15, 0.2) is 42.5 Å². The Morgan fingerprint density at radius 1 is 0.964 bits per heavy atom. The van der Waals surface area contributed by atoms with Crippen LogP contribution in [0.5, 0.6) is 0 Å². The molecule has 0 N–H and O–H groups in total. The minimum absolute atomic E-state index is 0.0933. The maximum Gasteiger partial charge on any atom is 0.312 e. The van der Waals surface area contributed by atoms with E-state index in [1.807, 2.05) is 0 Å². The first-order valence-electron chi connectivity index (χ1n) is 10.9. The molecule has 148 valence electrons. The van der Waals surface area contributed by atoms with Gasteiger partial charge in [-0.15, -0.1) is 0 Å². The maximum absolute atomic E-state index is 12.3. The third kappa shape index (κ3) is 3.28. The minimum atomic E-state index is -0.113. The zero-order chi connectivity index (χ0) is 19.0. The van der Waals surface area contributed by atoms with Gasteiger partial charge in [0.15, 0.2) is 0 Å². The fourth-order valence-electron chi connectivity index (χ4n) is 5.48. The minimum Gasteiger partial charge on any atom is -0.462 e. The Morgan fingerprint density at radius 2 is 1.71 bits per heavy atom. The number of ether oxygens (including phenoxy) is 1. The van der Waals surface area contributed by atoms with Crippen LogP contribution in [0.3, 0.4) is 0 Å². The first-order chi connectivity index (χ1) is 13.7. The van der Waals surface area contributed by atoms with Crippen LogP contribution in [0.2, 0.25) is 0 Å². The Morgan fingerprint density at radius 3 is 2.54 bits per heavy atom. The van der Waals surface area contributed by atoms with Gasteiger partial charge >= 0.3 is 5.97 Å². The van der Waals surface area contributed by atoms with Crippen LogP contribution < -0.4 is 4.90 Å². The Bertz CT molecular complexity index is 845. The van der Waals surface area contributed by atoms with Crippen LogP contribution in [-0.2, 0) is 9.53 Å². The highest BCUT2D eigenvalue weighted by Crippen LogP contribution is 2.48. The number of hydrogen-bond acceptors (Lipinski definition) is 4. The first kappa shape index (κ1) is 18.0. The summed E-state index contributed by atoms with van der Waals surface area (Å²) in [5.74, 6) is 0.0933. The van der Waals surface area contributed by atoms with Crippen LogP contribution >= 0.6 is 0 Å². The number of anilines is 1. The van der Waals surface area contributed by atoms with Crippen LogP contribution in [0.25, 0.3) is 10.8 Å². The summed E-state index contributed by atoms with van der Waals surface area (Å²) < 4.78 is 5.75. The van der Waals surface area contributed by atoms with Gasteiger partial charge in [0.2, 0.25) is 0 Å². The zero-order valence-electron chi connectivity index (χ0n) is 16.6. The van der Waals surface area contributed by atoms with Crippen molar-refractivity contribution >= 4 is 22.4 Å². The van der Waals surface area contributed by atoms with E-state index >= 15 is 0 Å². The van der Waals surface area contributed by atoms with Crippen molar-refractivity contribution in [2.75, 3.05) is 37.6 Å². The first-order valence-corrected chi connectivity index (χ1v) is 10.9. The Balaban J connectivity index is 1.15. The lowest BCUT2D eigenvalue weighted by Gasteiger charge is -2.37. The van der Waals surface area contributed by atoms with Crippen LogP contribution in [0.4, 0.5) is 5.69 Å². The van der Waals surface area contributed by atoms with Crippen LogP contribution in [0.1, 0.15) is 38.5 Å². The van der Waals surface area contributed by atoms with E-state index in [1.54, 1.807) is 0 Å². The highest BCUT2D eigenvalue weighted by molar-refractivity contribution is 5.94. The summed E-state index contributed by atoms with van der Waals surface area (Å²) >= 11 is 0. The summed E-state index contributed by atoms with van der Waals surface area (Å²) in [7, 11) is 0. The molecule has 1 spiro atoms. The molecule has 28 heavy (non-hydrogen) atoms. The molecule has 5 rings (SSSR count). The standard InChI is InChI=1S/C24H30N2O2/c27-23-24(11-3-4-12-24)18-20(28-23)10-13-25-14-16-26(17-15-25)22-9-5-7-19-6-1-2-8-21(19)22/h1-2,5-9,20H,3-4,10-18H2/t20-/m0/s1. The van der Waals surface area contributed by atoms with Crippen LogP contribution in [0, 0.1) is 5.41 Å². The molecule has 0 amide bonds. The molecule has 0 radical (unpaired) electrons. The molecule has 4 nitrogen and oxygen atoms in total. The molecule has 2 aromatic rings. The average Bonchev–Trinajstić information content (AvgIpc) is 3.34. The second-order valence-electron chi connectivity index (χ2n) is 8.83. The molecule has 0 bridgehead atoms. The molecule has 1 aliphatic carbocycles. The molecule has 0 unspecified atom stereocenters. The van der Waals surface area contributed by atoms with E-state index < -0.39 is 0 Å². The molecule has 2 aliphatic heterocycles. The number of carbonyl (C=O) groups is 1. The van der Waals surface area contributed by atoms with Gasteiger partial charge in [-0.2, -0.15) is 0 Å². The number of hydrogen-bond donors (Lipinski definition) is 0. The summed E-state index contributed by atoms with van der Waals surface area (Å²) in [4.78, 5) is 17.4. The van der Waals surface area contributed by atoms with Crippen molar-refractivity contribution < 1.29 is 9.53 Å². The van der Waals surface area contributed by atoms with E-state index in [-0.39, 0.29) is 17.5 Å². The number of rotatable bonds is 4. The van der Waals surface area contributed by atoms with Gasteiger partial charge in [0, 0.05) is 50.2 Å². The van der Waals surface area contributed by atoms with Crippen molar-refractivity contribution in [3.05, 3.63) is 42.5 Å². The van der Waals surface area contributed by atoms with E-state index in [1.165, 1.54) is 29.3 Å². The fourth-order valence-corrected chi connectivity index (χ4v) is 5.48. The second-order valence-corrected chi connectivity index (χ2v) is 8.83. The van der Waals surface area contributed by atoms with E-state index in [2.05, 4.69) is 52.3 Å². The van der Waals surface area contributed by atoms with E-state index in [0.717, 1.165) is 58.4 Å². The van der Waals surface area contributed by atoms with Crippen LogP contribution in [-0.4, -0.2) is 49.7 Å². The van der Waals surface area contributed by atoms with Crippen molar-refractivity contribution in [3.8, 4) is 0 Å². The molecule has 1 saturated carbocycles. The number of esters is 1. The number of fused-ring (bicyclic) bond motifs is 1. The third-order valence-corrected chi connectivity index (χ3v) is 7.13. The molecule has 2 aromatic carbocycles. The van der Waals surface area contributed by atoms with Gasteiger partial charge in [-0.25, -0.2) is 0 Å². The molecule has 3 fully saturated rings. The normalized spacial score (nSPS) is 24.9. The van der Waals surface area contributed by atoms with Gasteiger partial charge in [0.05, 0.1) is 5.41 Å². The maximum atomic E-state index is 12.3. The van der Waals surface area contributed by atoms with Gasteiger partial charge in [-0.3, -0.25) is 9.69 Å². The van der Waals surface area contributed by atoms with Gasteiger partial charge < -0.3 is 9.64 Å². The number of cyclic esters (lactones) is 1. The zero-order valence-corrected chi connectivity index (χ0v) is 16.6. The summed E-state index contributed by atoms with van der Waals surface area (Å²) in [6.07, 6.45) is 6.57. The van der Waals surface area contributed by atoms with Crippen molar-refractivity contribution in [1.82, 2.24) is 4.90 Å². The molecular weight excluding hydrogens is 348 g/mol. The Labute approximate surface area is 167 Å². The Hall–Kier alpha value is -2.07. The summed E-state index contributed by atoms with van der Waals surface area (Å²) in [6, 6.07) is 15.3. The highest BCUT2D eigenvalue weighted by Gasteiger charge is 2.50. The number of benzene rings is 2. The summed E-state index contributed by atoms with van der Waals surface area (Å²) in [5.41, 5.74) is 1.24. The second kappa shape index (κ2) is 7.40. The topological polar surface area (TPSA) is 32.8 Å². The largest absolute Gasteiger partial charge is 0.462 e. The quantitative estimate of drug-likeness (QED) is 0.746. The highest BCUT2D eigenvalue weighted by atomic mass is 16.6. The van der Waals surface area contributed by atoms with Crippen molar-refractivity contribution in [3.63, 3.8) is 0 Å². The van der Waals surface area contributed by atoms with E-state index in [4.69, 9.17) is 4.74 Å². The van der Waals surface area contributed by atoms with Gasteiger partial charge in [-0.05, 0) is 30.7 Å². The van der Waals surface area contributed by atoms with Gasteiger partial charge in [-0.1, -0.05) is 49.2 Å². The Kier molecular flexibility index (Phi) is 4.75. The van der Waals surface area contributed by atoms with E-state index in [9.17, 15) is 4.79 Å². The van der Waals surface area contributed by atoms with Gasteiger partial charge in [0.1, 0.15) is 6.10 Å². The molecule has 4 heteroatoms. The smallest absolute Gasteiger partial charge is 0.312 e. The lowest BCUT2D eigenvalue weighted by molar-refractivity contribution is -0.148. The summed E-state index contributed by atoms with van der Waals surface area (Å²) in [5, 5.41) is 2.66. The molecule has 2 heterocycles. The molecule has 3 aliphatic rings. The van der Waals surface area contributed by atoms with Crippen molar-refractivity contribution in [2.45, 2.75) is 44.6 Å². The summed E-state index contributed by atoms with van der Waals surface area (Å²) in [6.45, 7) is 5.31. The molecule has 2 saturated heterocycles. The lowest BCUT2D eigenvalue weighted by Crippen LogP contribution is -2.47. The molecule has 0 aromatic heterocycles. The lowest BCUT2D eigenvalue weighted by atomic mass is 9.83. The predicted molar refractivity (Wildman–Crippen MR) is 113 cm³/mol. The number of nitrogens with zero attached hydrogens (tertiary/aromatic N) is 2. The van der Waals surface area contributed by atoms with Crippen molar-refractivity contribution in [1.29, 1.82) is 0 Å². The number of carbonyl (C=O) groups excluding carboxylic acids is 1. The monoisotopic (exact) mass is 378 g/mol. The molecular formula is C24H30N2O2. The molecule has 1 atom stereocenters. The fraction of sp³-hybridized carbons (Fsp3) is 0.542. The van der Waals surface area contributed by atoms with Crippen molar-refractivity contribution in [2.24, 2.45) is 5.41 Å². The average molecular weight is 379 g/mol.